The third kappa shape index (κ3) is 3.69. The van der Waals surface area contributed by atoms with Crippen molar-refractivity contribution in [2.75, 3.05) is 6.54 Å². The summed E-state index contributed by atoms with van der Waals surface area (Å²) in [6.07, 6.45) is 4.61. The Kier molecular flexibility index (Phi) is 4.81. The summed E-state index contributed by atoms with van der Waals surface area (Å²) in [5.74, 6) is 1.49. The van der Waals surface area contributed by atoms with Crippen LogP contribution in [-0.2, 0) is 6.54 Å². The van der Waals surface area contributed by atoms with Crippen LogP contribution in [0.2, 0.25) is 5.02 Å². The van der Waals surface area contributed by atoms with Crippen LogP contribution < -0.4 is 0 Å². The highest BCUT2D eigenvalue weighted by Gasteiger charge is 2.26. The Morgan fingerprint density at radius 2 is 2.18 bits per heavy atom. The van der Waals surface area contributed by atoms with Crippen LogP contribution >= 0.6 is 11.6 Å². The van der Waals surface area contributed by atoms with Crippen molar-refractivity contribution in [1.82, 2.24) is 9.88 Å². The van der Waals surface area contributed by atoms with E-state index in [1.54, 1.807) is 6.20 Å². The number of hydrogen-bond acceptors (Lipinski definition) is 4. The zero-order valence-electron chi connectivity index (χ0n) is 12.7. The number of aliphatic hydroxyl groups is 1. The minimum atomic E-state index is -0.264. The molecule has 2 atom stereocenters. The van der Waals surface area contributed by atoms with Crippen LogP contribution in [0.3, 0.4) is 0 Å². The van der Waals surface area contributed by atoms with E-state index in [1.807, 2.05) is 31.2 Å². The van der Waals surface area contributed by atoms with Gasteiger partial charge in [0.1, 0.15) is 0 Å². The Morgan fingerprint density at radius 3 is 2.91 bits per heavy atom. The highest BCUT2D eigenvalue weighted by molar-refractivity contribution is 6.30. The fourth-order valence-corrected chi connectivity index (χ4v) is 3.19. The zero-order valence-corrected chi connectivity index (χ0v) is 13.5. The number of benzene rings is 1. The van der Waals surface area contributed by atoms with Crippen molar-refractivity contribution in [2.24, 2.45) is 0 Å². The predicted octanol–water partition coefficient (Wildman–Crippen LogP) is 3.73. The highest BCUT2D eigenvalue weighted by atomic mass is 35.5. The molecule has 0 radical (unpaired) electrons. The summed E-state index contributed by atoms with van der Waals surface area (Å²) in [6, 6.07) is 7.97. The quantitative estimate of drug-likeness (QED) is 0.912. The summed E-state index contributed by atoms with van der Waals surface area (Å²) < 4.78 is 5.87. The number of halogens is 1. The molecule has 118 valence electrons. The Morgan fingerprint density at radius 1 is 1.41 bits per heavy atom. The third-order valence-corrected chi connectivity index (χ3v) is 4.38. The first-order valence-electron chi connectivity index (χ1n) is 7.74. The molecule has 1 aliphatic rings. The van der Waals surface area contributed by atoms with Crippen LogP contribution in [-0.4, -0.2) is 33.7 Å². The normalized spacial score (nSPS) is 20.4. The summed E-state index contributed by atoms with van der Waals surface area (Å²) >= 11 is 5.90. The molecule has 0 aliphatic carbocycles. The van der Waals surface area contributed by atoms with Gasteiger partial charge in [0.25, 0.3) is 0 Å². The van der Waals surface area contributed by atoms with Crippen LogP contribution in [0.1, 0.15) is 32.1 Å². The first kappa shape index (κ1) is 15.5. The van der Waals surface area contributed by atoms with Gasteiger partial charge in [-0.3, -0.25) is 4.90 Å². The second-order valence-corrected chi connectivity index (χ2v) is 6.41. The van der Waals surface area contributed by atoms with E-state index in [0.29, 0.717) is 17.6 Å². The summed E-state index contributed by atoms with van der Waals surface area (Å²) in [5.41, 5.74) is 0.977. The van der Waals surface area contributed by atoms with Crippen molar-refractivity contribution < 1.29 is 9.52 Å². The first-order valence-corrected chi connectivity index (χ1v) is 8.12. The monoisotopic (exact) mass is 320 g/mol. The SMILES string of the molecule is CC(O)CC1CCCN1Cc1ncc(-c2ccc(Cl)cc2)o1. The molecule has 1 aromatic carbocycles. The van der Waals surface area contributed by atoms with Crippen molar-refractivity contribution in [3.05, 3.63) is 41.4 Å². The second-order valence-electron chi connectivity index (χ2n) is 5.98. The summed E-state index contributed by atoms with van der Waals surface area (Å²) in [6.45, 7) is 3.58. The van der Waals surface area contributed by atoms with E-state index in [9.17, 15) is 5.11 Å². The average Bonchev–Trinajstić information content (AvgIpc) is 3.10. The van der Waals surface area contributed by atoms with Gasteiger partial charge in [-0.25, -0.2) is 4.98 Å². The summed E-state index contributed by atoms with van der Waals surface area (Å²) in [4.78, 5) is 6.74. The summed E-state index contributed by atoms with van der Waals surface area (Å²) in [5, 5.41) is 10.3. The molecule has 2 aromatic rings. The highest BCUT2D eigenvalue weighted by Crippen LogP contribution is 2.26. The van der Waals surface area contributed by atoms with Gasteiger partial charge < -0.3 is 9.52 Å². The molecule has 1 fully saturated rings. The fraction of sp³-hybridized carbons (Fsp3) is 0.471. The molecule has 0 bridgehead atoms. The number of likely N-dealkylation sites (tertiary alicyclic amines) is 1. The predicted molar refractivity (Wildman–Crippen MR) is 86.7 cm³/mol. The van der Waals surface area contributed by atoms with Crippen LogP contribution in [0.25, 0.3) is 11.3 Å². The van der Waals surface area contributed by atoms with Crippen molar-refractivity contribution >= 4 is 11.6 Å². The molecular weight excluding hydrogens is 300 g/mol. The fourth-order valence-electron chi connectivity index (χ4n) is 3.07. The third-order valence-electron chi connectivity index (χ3n) is 4.13. The average molecular weight is 321 g/mol. The maximum absolute atomic E-state index is 9.60. The molecule has 1 saturated heterocycles. The summed E-state index contributed by atoms with van der Waals surface area (Å²) in [7, 11) is 0. The van der Waals surface area contributed by atoms with E-state index in [-0.39, 0.29) is 6.10 Å². The molecule has 2 heterocycles. The maximum atomic E-state index is 9.60. The number of aromatic nitrogens is 1. The number of rotatable bonds is 5. The Balaban J connectivity index is 1.67. The van der Waals surface area contributed by atoms with E-state index in [2.05, 4.69) is 9.88 Å². The molecule has 1 aromatic heterocycles. The van der Waals surface area contributed by atoms with Gasteiger partial charge in [-0.05, 0) is 57.0 Å². The van der Waals surface area contributed by atoms with Gasteiger partial charge >= 0.3 is 0 Å². The molecule has 3 rings (SSSR count). The minimum absolute atomic E-state index is 0.264. The lowest BCUT2D eigenvalue weighted by Gasteiger charge is -2.23. The van der Waals surface area contributed by atoms with Crippen molar-refractivity contribution in [3.63, 3.8) is 0 Å². The standard InChI is InChI=1S/C17H21ClN2O2/c1-12(21)9-15-3-2-8-20(15)11-17-19-10-16(22-17)13-4-6-14(18)7-5-13/h4-7,10,12,15,21H,2-3,8-9,11H2,1H3. The molecule has 22 heavy (non-hydrogen) atoms. The molecule has 1 N–H and O–H groups in total. The van der Waals surface area contributed by atoms with Gasteiger partial charge in [-0.15, -0.1) is 0 Å². The largest absolute Gasteiger partial charge is 0.439 e. The second kappa shape index (κ2) is 6.82. The van der Waals surface area contributed by atoms with Gasteiger partial charge in [0.2, 0.25) is 5.89 Å². The van der Waals surface area contributed by atoms with Crippen LogP contribution in [0, 0.1) is 0 Å². The van der Waals surface area contributed by atoms with Crippen molar-refractivity contribution in [1.29, 1.82) is 0 Å². The molecule has 2 unspecified atom stereocenters. The Bertz CT molecular complexity index is 609. The lowest BCUT2D eigenvalue weighted by atomic mass is 10.1. The number of nitrogens with zero attached hydrogens (tertiary/aromatic N) is 2. The van der Waals surface area contributed by atoms with E-state index in [1.165, 1.54) is 6.42 Å². The lowest BCUT2D eigenvalue weighted by molar-refractivity contribution is 0.126. The topological polar surface area (TPSA) is 49.5 Å². The minimum Gasteiger partial charge on any atom is -0.439 e. The maximum Gasteiger partial charge on any atom is 0.209 e. The Hall–Kier alpha value is -1.36. The van der Waals surface area contributed by atoms with Crippen LogP contribution in [0.15, 0.2) is 34.9 Å². The molecule has 0 saturated carbocycles. The zero-order chi connectivity index (χ0) is 15.5. The molecule has 4 nitrogen and oxygen atoms in total. The number of oxazole rings is 1. The van der Waals surface area contributed by atoms with E-state index in [4.69, 9.17) is 16.0 Å². The van der Waals surface area contributed by atoms with E-state index < -0.39 is 0 Å². The lowest BCUT2D eigenvalue weighted by Crippen LogP contribution is -2.31. The molecule has 0 amide bonds. The first-order chi connectivity index (χ1) is 10.6. The van der Waals surface area contributed by atoms with E-state index in [0.717, 1.165) is 36.6 Å². The molecular formula is C17H21ClN2O2. The van der Waals surface area contributed by atoms with E-state index >= 15 is 0 Å². The van der Waals surface area contributed by atoms with Gasteiger partial charge in [0, 0.05) is 16.6 Å². The van der Waals surface area contributed by atoms with Crippen LogP contribution in [0.5, 0.6) is 0 Å². The number of aliphatic hydroxyl groups excluding tert-OH is 1. The molecule has 1 aliphatic heterocycles. The smallest absolute Gasteiger partial charge is 0.209 e. The molecule has 0 spiro atoms. The van der Waals surface area contributed by atoms with Gasteiger partial charge in [-0.2, -0.15) is 0 Å². The van der Waals surface area contributed by atoms with Gasteiger partial charge in [-0.1, -0.05) is 11.6 Å². The van der Waals surface area contributed by atoms with Gasteiger partial charge in [0.05, 0.1) is 18.8 Å². The van der Waals surface area contributed by atoms with Crippen LogP contribution in [0.4, 0.5) is 0 Å². The van der Waals surface area contributed by atoms with Crippen molar-refractivity contribution in [3.8, 4) is 11.3 Å². The number of hydrogen-bond donors (Lipinski definition) is 1. The van der Waals surface area contributed by atoms with Crippen molar-refractivity contribution in [2.45, 2.75) is 44.9 Å². The Labute approximate surface area is 135 Å². The van der Waals surface area contributed by atoms with Gasteiger partial charge in [0.15, 0.2) is 5.76 Å². The molecule has 5 heteroatoms.